The summed E-state index contributed by atoms with van der Waals surface area (Å²) >= 11 is 5.11. The molecule has 0 saturated heterocycles. The molecule has 1 unspecified atom stereocenters. The Hall–Kier alpha value is -0.560. The van der Waals surface area contributed by atoms with Crippen molar-refractivity contribution < 1.29 is 5.11 Å². The van der Waals surface area contributed by atoms with Crippen LogP contribution in [0.25, 0.3) is 5.65 Å². The van der Waals surface area contributed by atoms with E-state index in [1.165, 1.54) is 0 Å². The van der Waals surface area contributed by atoms with Gasteiger partial charge in [-0.05, 0) is 41.2 Å². The van der Waals surface area contributed by atoms with E-state index in [0.717, 1.165) is 21.6 Å². The number of rotatable bonds is 6. The van der Waals surface area contributed by atoms with Gasteiger partial charge < -0.3 is 14.8 Å². The summed E-state index contributed by atoms with van der Waals surface area (Å²) in [7, 11) is 0. The molecule has 2 heterocycles. The Labute approximate surface area is 125 Å². The van der Waals surface area contributed by atoms with Crippen LogP contribution in [0.15, 0.2) is 29.0 Å². The average Bonchev–Trinajstić information content (AvgIpc) is 2.71. The molecule has 0 aliphatic carbocycles. The molecule has 0 radical (unpaired) electrons. The number of halogens is 1. The van der Waals surface area contributed by atoms with Gasteiger partial charge >= 0.3 is 0 Å². The third kappa shape index (κ3) is 3.95. The van der Waals surface area contributed by atoms with E-state index in [2.05, 4.69) is 26.2 Å². The number of aliphatic hydroxyl groups is 1. The lowest BCUT2D eigenvalue weighted by Crippen LogP contribution is -2.39. The molecule has 0 aromatic carbocycles. The fourth-order valence-corrected chi connectivity index (χ4v) is 3.02. The average molecular weight is 344 g/mol. The van der Waals surface area contributed by atoms with Crippen LogP contribution in [0.2, 0.25) is 0 Å². The predicted molar refractivity (Wildman–Crippen MR) is 83.6 cm³/mol. The number of thioether (sulfide) groups is 1. The second kappa shape index (κ2) is 6.26. The van der Waals surface area contributed by atoms with E-state index in [9.17, 15) is 5.11 Å². The number of nitrogens with one attached hydrogen (secondary N) is 1. The minimum absolute atomic E-state index is 0.565. The highest BCUT2D eigenvalue weighted by Gasteiger charge is 2.18. The van der Waals surface area contributed by atoms with Crippen LogP contribution in [0, 0.1) is 0 Å². The molecule has 0 spiro atoms. The maximum absolute atomic E-state index is 10.1. The van der Waals surface area contributed by atoms with Gasteiger partial charge in [-0.15, -0.1) is 0 Å². The van der Waals surface area contributed by atoms with Crippen molar-refractivity contribution in [3.05, 3.63) is 34.7 Å². The van der Waals surface area contributed by atoms with Gasteiger partial charge in [0.2, 0.25) is 0 Å². The third-order valence-corrected chi connectivity index (χ3v) is 4.19. The molecule has 0 bridgehead atoms. The molecule has 0 amide bonds. The highest BCUT2D eigenvalue weighted by Crippen LogP contribution is 2.14. The van der Waals surface area contributed by atoms with Gasteiger partial charge in [0.1, 0.15) is 5.65 Å². The molecule has 0 aliphatic rings. The summed E-state index contributed by atoms with van der Waals surface area (Å²) < 4.78 is 3.06. The van der Waals surface area contributed by atoms with Gasteiger partial charge in [0, 0.05) is 29.5 Å². The molecular weight excluding hydrogens is 326 g/mol. The zero-order valence-electron chi connectivity index (χ0n) is 11.1. The van der Waals surface area contributed by atoms with Crippen LogP contribution in [0.4, 0.5) is 0 Å². The highest BCUT2D eigenvalue weighted by molar-refractivity contribution is 9.10. The fourth-order valence-electron chi connectivity index (χ4n) is 1.96. The quantitative estimate of drug-likeness (QED) is 0.844. The van der Waals surface area contributed by atoms with Gasteiger partial charge in [-0.25, -0.2) is 4.98 Å². The van der Waals surface area contributed by atoms with Crippen LogP contribution in [-0.4, -0.2) is 38.6 Å². The van der Waals surface area contributed by atoms with Gasteiger partial charge in [-0.1, -0.05) is 0 Å². The first-order valence-electron chi connectivity index (χ1n) is 6.05. The molecule has 2 N–H and O–H groups in total. The van der Waals surface area contributed by atoms with Crippen LogP contribution < -0.4 is 5.32 Å². The molecule has 6 heteroatoms. The monoisotopic (exact) mass is 343 g/mol. The molecule has 2 rings (SSSR count). The van der Waals surface area contributed by atoms with E-state index >= 15 is 0 Å². The second-order valence-electron chi connectivity index (χ2n) is 4.86. The Balaban J connectivity index is 2.00. The van der Waals surface area contributed by atoms with Crippen LogP contribution in [0.5, 0.6) is 0 Å². The zero-order chi connectivity index (χ0) is 13.9. The van der Waals surface area contributed by atoms with Gasteiger partial charge in [0.05, 0.1) is 17.5 Å². The van der Waals surface area contributed by atoms with Gasteiger partial charge in [0.25, 0.3) is 0 Å². The van der Waals surface area contributed by atoms with E-state index in [1.54, 1.807) is 11.8 Å². The number of fused-ring (bicyclic) bond motifs is 1. The number of pyridine rings is 1. The van der Waals surface area contributed by atoms with Crippen LogP contribution in [-0.2, 0) is 6.54 Å². The summed E-state index contributed by atoms with van der Waals surface area (Å²) in [4.78, 5) is 4.35. The maximum Gasteiger partial charge on any atom is 0.136 e. The predicted octanol–water partition coefficient (Wildman–Crippen LogP) is 2.30. The lowest BCUT2D eigenvalue weighted by molar-refractivity contribution is 0.0845. The Morgan fingerprint density at radius 3 is 3.05 bits per heavy atom. The summed E-state index contributed by atoms with van der Waals surface area (Å²) in [5.74, 6) is 0.721. The molecule has 19 heavy (non-hydrogen) atoms. The second-order valence-corrected chi connectivity index (χ2v) is 6.64. The molecule has 0 aliphatic heterocycles. The highest BCUT2D eigenvalue weighted by atomic mass is 79.9. The Morgan fingerprint density at radius 1 is 1.53 bits per heavy atom. The minimum Gasteiger partial charge on any atom is -0.388 e. The topological polar surface area (TPSA) is 49.6 Å². The normalized spacial score (nSPS) is 14.7. The molecule has 4 nitrogen and oxygen atoms in total. The molecule has 0 fully saturated rings. The first-order valence-corrected chi connectivity index (χ1v) is 8.24. The summed E-state index contributed by atoms with van der Waals surface area (Å²) in [5.41, 5.74) is 1.33. The molecule has 104 valence electrons. The maximum atomic E-state index is 10.1. The van der Waals surface area contributed by atoms with Crippen molar-refractivity contribution in [3.63, 3.8) is 0 Å². The van der Waals surface area contributed by atoms with E-state index in [-0.39, 0.29) is 0 Å². The van der Waals surface area contributed by atoms with Crippen molar-refractivity contribution in [1.82, 2.24) is 14.7 Å². The van der Waals surface area contributed by atoms with Crippen LogP contribution in [0.1, 0.15) is 12.6 Å². The van der Waals surface area contributed by atoms with Crippen molar-refractivity contribution in [2.45, 2.75) is 19.1 Å². The summed E-state index contributed by atoms with van der Waals surface area (Å²) in [6.07, 6.45) is 5.86. The summed E-state index contributed by atoms with van der Waals surface area (Å²) in [6, 6.07) is 3.94. The van der Waals surface area contributed by atoms with Crippen molar-refractivity contribution in [2.24, 2.45) is 0 Å². The lowest BCUT2D eigenvalue weighted by atomic mass is 10.1. The number of hydrogen-bond donors (Lipinski definition) is 2. The van der Waals surface area contributed by atoms with E-state index < -0.39 is 5.60 Å². The SMILES string of the molecule is CSCC(C)(O)CNCc1cnc2ccc(Br)cn12. The van der Waals surface area contributed by atoms with Crippen molar-refractivity contribution in [1.29, 1.82) is 0 Å². The minimum atomic E-state index is -0.680. The molecular formula is C13H18BrN3OS. The number of aromatic nitrogens is 2. The van der Waals surface area contributed by atoms with Crippen LogP contribution in [0.3, 0.4) is 0 Å². The summed E-state index contributed by atoms with van der Waals surface area (Å²) in [6.45, 7) is 3.10. The number of imidazole rings is 1. The number of nitrogens with zero attached hydrogens (tertiary/aromatic N) is 2. The van der Waals surface area contributed by atoms with E-state index in [0.29, 0.717) is 13.1 Å². The van der Waals surface area contributed by atoms with Crippen molar-refractivity contribution in [3.8, 4) is 0 Å². The molecule has 2 aromatic rings. The Bertz CT molecular complexity index is 556. The summed E-state index contributed by atoms with van der Waals surface area (Å²) in [5, 5.41) is 13.4. The van der Waals surface area contributed by atoms with E-state index in [1.807, 2.05) is 42.1 Å². The van der Waals surface area contributed by atoms with Gasteiger partial charge in [0.15, 0.2) is 0 Å². The smallest absolute Gasteiger partial charge is 0.136 e. The van der Waals surface area contributed by atoms with Crippen molar-refractivity contribution in [2.75, 3.05) is 18.6 Å². The third-order valence-electron chi connectivity index (χ3n) is 2.81. The first-order chi connectivity index (χ1) is 9.02. The van der Waals surface area contributed by atoms with Crippen molar-refractivity contribution >= 4 is 33.3 Å². The first kappa shape index (κ1) is 14.8. The molecule has 0 saturated carbocycles. The molecule has 2 aromatic heterocycles. The Morgan fingerprint density at radius 2 is 2.32 bits per heavy atom. The zero-order valence-corrected chi connectivity index (χ0v) is 13.5. The fraction of sp³-hybridized carbons (Fsp3) is 0.462. The lowest BCUT2D eigenvalue weighted by Gasteiger charge is -2.22. The Kier molecular flexibility index (Phi) is 4.89. The van der Waals surface area contributed by atoms with Gasteiger partial charge in [-0.2, -0.15) is 11.8 Å². The largest absolute Gasteiger partial charge is 0.388 e. The van der Waals surface area contributed by atoms with E-state index in [4.69, 9.17) is 0 Å². The standard InChI is InChI=1S/C13H18BrN3OS/c1-13(18,9-19-2)8-15-5-11-6-16-12-4-3-10(14)7-17(11)12/h3-4,6-7,15,18H,5,8-9H2,1-2H3. The number of hydrogen-bond acceptors (Lipinski definition) is 4. The van der Waals surface area contributed by atoms with Crippen LogP contribution >= 0.6 is 27.7 Å². The molecule has 1 atom stereocenters. The van der Waals surface area contributed by atoms with Gasteiger partial charge in [-0.3, -0.25) is 0 Å².